The van der Waals surface area contributed by atoms with Crippen molar-refractivity contribution in [3.63, 3.8) is 0 Å². The van der Waals surface area contributed by atoms with Crippen molar-refractivity contribution in [2.24, 2.45) is 5.92 Å². The third-order valence-electron chi connectivity index (χ3n) is 3.89. The van der Waals surface area contributed by atoms with Crippen LogP contribution in [-0.4, -0.2) is 6.61 Å². The fraction of sp³-hybridized carbons (Fsp3) is 0.500. The van der Waals surface area contributed by atoms with E-state index in [0.717, 1.165) is 25.7 Å². The van der Waals surface area contributed by atoms with E-state index in [2.05, 4.69) is 13.5 Å². The van der Waals surface area contributed by atoms with Gasteiger partial charge in [0.25, 0.3) is 0 Å². The molecule has 0 atom stereocenters. The van der Waals surface area contributed by atoms with Crippen molar-refractivity contribution < 1.29 is 13.5 Å². The number of ether oxygens (including phenoxy) is 1. The van der Waals surface area contributed by atoms with Crippen LogP contribution >= 0.6 is 0 Å². The Bertz CT molecular complexity index is 448. The monoisotopic (exact) mass is 266 g/mol. The van der Waals surface area contributed by atoms with Crippen molar-refractivity contribution in [3.8, 4) is 5.75 Å². The normalized spacial score (nSPS) is 23.1. The van der Waals surface area contributed by atoms with Gasteiger partial charge in [0.05, 0.1) is 0 Å². The molecule has 3 heteroatoms. The standard InChI is InChI=1S/C16H20F2O/c1-3-10-19-14-9-8-13(15(17)16(14)18)12-6-4-11(2)5-7-12/h3,8-9,11-12H,1,4-7,10H2,2H3. The van der Waals surface area contributed by atoms with E-state index >= 15 is 0 Å². The van der Waals surface area contributed by atoms with Crippen molar-refractivity contribution in [3.05, 3.63) is 42.0 Å². The van der Waals surface area contributed by atoms with Crippen molar-refractivity contribution in [2.75, 3.05) is 6.61 Å². The topological polar surface area (TPSA) is 9.23 Å². The second kappa shape index (κ2) is 6.18. The summed E-state index contributed by atoms with van der Waals surface area (Å²) in [4.78, 5) is 0. The highest BCUT2D eigenvalue weighted by Gasteiger charge is 2.25. The fourth-order valence-electron chi connectivity index (χ4n) is 2.69. The van der Waals surface area contributed by atoms with Crippen LogP contribution in [0.15, 0.2) is 24.8 Å². The highest BCUT2D eigenvalue weighted by molar-refractivity contribution is 5.33. The minimum atomic E-state index is -0.877. The molecule has 1 aliphatic rings. The van der Waals surface area contributed by atoms with Crippen LogP contribution in [0, 0.1) is 17.6 Å². The molecule has 0 amide bonds. The molecule has 1 aromatic rings. The van der Waals surface area contributed by atoms with Crippen LogP contribution in [0.4, 0.5) is 8.78 Å². The van der Waals surface area contributed by atoms with Crippen LogP contribution in [0.5, 0.6) is 5.75 Å². The number of hydrogen-bond donors (Lipinski definition) is 0. The van der Waals surface area contributed by atoms with E-state index in [9.17, 15) is 8.78 Å². The van der Waals surface area contributed by atoms with Gasteiger partial charge < -0.3 is 4.74 Å². The van der Waals surface area contributed by atoms with Gasteiger partial charge in [0.2, 0.25) is 5.82 Å². The molecule has 0 aliphatic heterocycles. The highest BCUT2D eigenvalue weighted by Crippen LogP contribution is 2.38. The number of rotatable bonds is 4. The molecule has 0 spiro atoms. The van der Waals surface area contributed by atoms with Gasteiger partial charge in [-0.3, -0.25) is 0 Å². The molecule has 0 bridgehead atoms. The van der Waals surface area contributed by atoms with Crippen molar-refractivity contribution >= 4 is 0 Å². The lowest BCUT2D eigenvalue weighted by molar-refractivity contribution is 0.321. The number of hydrogen-bond acceptors (Lipinski definition) is 1. The van der Waals surface area contributed by atoms with E-state index in [0.29, 0.717) is 11.5 Å². The smallest absolute Gasteiger partial charge is 0.200 e. The van der Waals surface area contributed by atoms with Gasteiger partial charge in [-0.2, -0.15) is 4.39 Å². The Morgan fingerprint density at radius 1 is 1.21 bits per heavy atom. The molecular formula is C16H20F2O. The quantitative estimate of drug-likeness (QED) is 0.710. The SMILES string of the molecule is C=CCOc1ccc(C2CCC(C)CC2)c(F)c1F. The summed E-state index contributed by atoms with van der Waals surface area (Å²) < 4.78 is 33.1. The first kappa shape index (κ1) is 14.0. The summed E-state index contributed by atoms with van der Waals surface area (Å²) >= 11 is 0. The minimum absolute atomic E-state index is 0.0367. The summed E-state index contributed by atoms with van der Waals surface area (Å²) in [6.45, 7) is 5.87. The largest absolute Gasteiger partial charge is 0.486 e. The first-order valence-corrected chi connectivity index (χ1v) is 6.85. The lowest BCUT2D eigenvalue weighted by Gasteiger charge is -2.27. The summed E-state index contributed by atoms with van der Waals surface area (Å²) in [6.07, 6.45) is 5.55. The van der Waals surface area contributed by atoms with Crippen LogP contribution in [0.3, 0.4) is 0 Å². The Morgan fingerprint density at radius 3 is 2.53 bits per heavy atom. The molecule has 0 heterocycles. The molecule has 1 saturated carbocycles. The second-order valence-electron chi connectivity index (χ2n) is 5.34. The number of benzene rings is 1. The zero-order valence-corrected chi connectivity index (χ0v) is 11.3. The van der Waals surface area contributed by atoms with E-state index < -0.39 is 11.6 Å². The van der Waals surface area contributed by atoms with Gasteiger partial charge in [-0.25, -0.2) is 4.39 Å². The Hall–Kier alpha value is -1.38. The molecule has 1 fully saturated rings. The van der Waals surface area contributed by atoms with Crippen LogP contribution in [-0.2, 0) is 0 Å². The minimum Gasteiger partial charge on any atom is -0.486 e. The molecule has 0 saturated heterocycles. The fourth-order valence-corrected chi connectivity index (χ4v) is 2.69. The van der Waals surface area contributed by atoms with Gasteiger partial charge in [-0.15, -0.1) is 0 Å². The van der Waals surface area contributed by atoms with Crippen LogP contribution in [0.2, 0.25) is 0 Å². The Labute approximate surface area is 113 Å². The molecule has 1 nitrogen and oxygen atoms in total. The average Bonchev–Trinajstić information content (AvgIpc) is 2.42. The Kier molecular flexibility index (Phi) is 4.56. The summed E-state index contributed by atoms with van der Waals surface area (Å²) in [5.41, 5.74) is 0.496. The van der Waals surface area contributed by atoms with Crippen molar-refractivity contribution in [2.45, 2.75) is 38.5 Å². The molecule has 104 valence electrons. The molecule has 0 aromatic heterocycles. The lowest BCUT2D eigenvalue weighted by Crippen LogP contribution is -2.13. The van der Waals surface area contributed by atoms with Gasteiger partial charge in [0, 0.05) is 0 Å². The molecule has 1 aromatic carbocycles. The molecule has 0 N–H and O–H groups in total. The molecule has 0 radical (unpaired) electrons. The van der Waals surface area contributed by atoms with E-state index in [4.69, 9.17) is 4.74 Å². The van der Waals surface area contributed by atoms with Crippen LogP contribution < -0.4 is 4.74 Å². The summed E-state index contributed by atoms with van der Waals surface area (Å²) in [6, 6.07) is 3.19. The van der Waals surface area contributed by atoms with Crippen LogP contribution in [0.1, 0.15) is 44.1 Å². The molecule has 2 rings (SSSR count). The van der Waals surface area contributed by atoms with Crippen molar-refractivity contribution in [1.29, 1.82) is 0 Å². The average molecular weight is 266 g/mol. The molecule has 19 heavy (non-hydrogen) atoms. The van der Waals surface area contributed by atoms with Gasteiger partial charge in [0.1, 0.15) is 6.61 Å². The molecule has 0 unspecified atom stereocenters. The van der Waals surface area contributed by atoms with Gasteiger partial charge in [0.15, 0.2) is 11.6 Å². The van der Waals surface area contributed by atoms with Gasteiger partial charge in [-0.1, -0.05) is 38.5 Å². The zero-order valence-electron chi connectivity index (χ0n) is 11.3. The van der Waals surface area contributed by atoms with Gasteiger partial charge in [-0.05, 0) is 36.3 Å². The second-order valence-corrected chi connectivity index (χ2v) is 5.34. The Morgan fingerprint density at radius 2 is 1.89 bits per heavy atom. The highest BCUT2D eigenvalue weighted by atomic mass is 19.2. The maximum absolute atomic E-state index is 14.1. The van der Waals surface area contributed by atoms with E-state index in [1.807, 2.05) is 0 Å². The first-order valence-electron chi connectivity index (χ1n) is 6.85. The van der Waals surface area contributed by atoms with E-state index in [1.54, 1.807) is 6.07 Å². The summed E-state index contributed by atoms with van der Waals surface area (Å²) in [5, 5.41) is 0. The zero-order chi connectivity index (χ0) is 13.8. The molecule has 1 aliphatic carbocycles. The van der Waals surface area contributed by atoms with Crippen LogP contribution in [0.25, 0.3) is 0 Å². The van der Waals surface area contributed by atoms with E-state index in [1.165, 1.54) is 12.1 Å². The Balaban J connectivity index is 2.18. The summed E-state index contributed by atoms with van der Waals surface area (Å²) in [7, 11) is 0. The third kappa shape index (κ3) is 3.14. The molecular weight excluding hydrogens is 246 g/mol. The third-order valence-corrected chi connectivity index (χ3v) is 3.89. The van der Waals surface area contributed by atoms with Crippen molar-refractivity contribution in [1.82, 2.24) is 0 Å². The van der Waals surface area contributed by atoms with Gasteiger partial charge >= 0.3 is 0 Å². The lowest BCUT2D eigenvalue weighted by atomic mass is 9.79. The van der Waals surface area contributed by atoms with E-state index in [-0.39, 0.29) is 18.3 Å². The summed E-state index contributed by atoms with van der Waals surface area (Å²) in [5.74, 6) is -0.831. The predicted octanol–water partition coefficient (Wildman–Crippen LogP) is 4.82. The maximum Gasteiger partial charge on any atom is 0.200 e. The number of halogens is 2. The predicted molar refractivity (Wildman–Crippen MR) is 72.4 cm³/mol. The maximum atomic E-state index is 14.1. The first-order chi connectivity index (χ1) is 9.13.